The Morgan fingerprint density at radius 3 is 2.56 bits per heavy atom. The normalized spacial score (nSPS) is 12.3. The Morgan fingerprint density at radius 2 is 1.85 bits per heavy atom. The van der Waals surface area contributed by atoms with Crippen LogP contribution in [0, 0.1) is 6.92 Å². The van der Waals surface area contributed by atoms with Crippen LogP contribution >= 0.6 is 0 Å². The molecule has 1 aromatic carbocycles. The van der Waals surface area contributed by atoms with Gasteiger partial charge in [-0.15, -0.1) is 0 Å². The first kappa shape index (κ1) is 27.3. The zero-order valence-electron chi connectivity index (χ0n) is 22.8. The Morgan fingerprint density at radius 1 is 1.02 bits per heavy atom. The van der Waals surface area contributed by atoms with Crippen molar-refractivity contribution in [2.24, 2.45) is 0 Å². The molecule has 0 radical (unpaired) electrons. The maximum atomic E-state index is 13.3. The van der Waals surface area contributed by atoms with Crippen LogP contribution in [0.15, 0.2) is 67.1 Å². The third kappa shape index (κ3) is 5.55. The fraction of sp³-hybridized carbons (Fsp3) is 0.200. The smallest absolute Gasteiger partial charge is 0.337 e. The predicted molar refractivity (Wildman–Crippen MR) is 153 cm³/mol. The second kappa shape index (κ2) is 11.4. The number of aromatic carboxylic acids is 1. The van der Waals surface area contributed by atoms with Gasteiger partial charge in [0.2, 0.25) is 0 Å². The van der Waals surface area contributed by atoms with Gasteiger partial charge in [-0.05, 0) is 73.5 Å². The van der Waals surface area contributed by atoms with Crippen LogP contribution in [0.1, 0.15) is 49.3 Å². The van der Waals surface area contributed by atoms with Gasteiger partial charge in [0, 0.05) is 44.3 Å². The van der Waals surface area contributed by atoms with E-state index in [4.69, 9.17) is 9.84 Å². The number of carbonyl (C=O) groups is 3. The molecule has 11 heteroatoms. The minimum atomic E-state index is -1.11. The molecule has 2 amide bonds. The van der Waals surface area contributed by atoms with E-state index in [0.717, 1.165) is 23.0 Å². The molecular formula is C30H28N6O5. The number of carbonyl (C=O) groups excluding carboxylic acids is 2. The molecule has 4 heterocycles. The van der Waals surface area contributed by atoms with E-state index in [9.17, 15) is 14.4 Å². The van der Waals surface area contributed by atoms with E-state index in [0.29, 0.717) is 48.2 Å². The van der Waals surface area contributed by atoms with Crippen LogP contribution < -0.4 is 19.9 Å². The van der Waals surface area contributed by atoms with Crippen molar-refractivity contribution in [3.05, 3.63) is 95.1 Å². The Labute approximate surface area is 236 Å². The van der Waals surface area contributed by atoms with Crippen molar-refractivity contribution in [3.8, 4) is 5.75 Å². The molecule has 2 N–H and O–H groups in total. The Bertz CT molecular complexity index is 1640. The number of aromatic nitrogens is 3. The summed E-state index contributed by atoms with van der Waals surface area (Å²) in [7, 11) is 1.74. The summed E-state index contributed by atoms with van der Waals surface area (Å²) in [4.78, 5) is 53.4. The SMILES string of the molecule is CCN1c2ncc(CCOc3ccc(NC(=O)c4ccc(C(=O)O)cn4)cc3C)cc2C(=O)N(C)c2cccnc21. The van der Waals surface area contributed by atoms with Gasteiger partial charge >= 0.3 is 5.97 Å². The number of amides is 2. The maximum absolute atomic E-state index is 13.3. The molecule has 1 aliphatic heterocycles. The van der Waals surface area contributed by atoms with Crippen LogP contribution in [-0.4, -0.2) is 58.0 Å². The molecule has 41 heavy (non-hydrogen) atoms. The second-order valence-electron chi connectivity index (χ2n) is 9.44. The standard InChI is InChI=1S/C30H28N6O5/c1-4-36-26-22(29(38)35(3)24-6-5-12-31-27(24)36)15-19(16-33-26)11-13-41-25-10-8-21(14-18(25)2)34-28(37)23-9-7-20(17-32-23)30(39)40/h5-10,12,14-17H,4,11,13H2,1-3H3,(H,34,37)(H,39,40). The summed E-state index contributed by atoms with van der Waals surface area (Å²) in [6.07, 6.45) is 5.14. The highest BCUT2D eigenvalue weighted by Crippen LogP contribution is 2.37. The maximum Gasteiger partial charge on any atom is 0.337 e. The van der Waals surface area contributed by atoms with Gasteiger partial charge in [-0.3, -0.25) is 14.6 Å². The highest BCUT2D eigenvalue weighted by atomic mass is 16.5. The zero-order valence-corrected chi connectivity index (χ0v) is 22.8. The third-order valence-corrected chi connectivity index (χ3v) is 6.74. The number of anilines is 4. The molecule has 4 aromatic rings. The lowest BCUT2D eigenvalue weighted by atomic mass is 10.1. The van der Waals surface area contributed by atoms with Gasteiger partial charge in [0.15, 0.2) is 5.82 Å². The predicted octanol–water partition coefficient (Wildman–Crippen LogP) is 4.50. The van der Waals surface area contributed by atoms with E-state index in [1.165, 1.54) is 12.1 Å². The topological polar surface area (TPSA) is 138 Å². The average Bonchev–Trinajstić information content (AvgIpc) is 3.06. The third-order valence-electron chi connectivity index (χ3n) is 6.74. The first-order valence-corrected chi connectivity index (χ1v) is 13.0. The molecule has 0 spiro atoms. The van der Waals surface area contributed by atoms with Crippen molar-refractivity contribution in [2.75, 3.05) is 35.3 Å². The minimum Gasteiger partial charge on any atom is -0.493 e. The van der Waals surface area contributed by atoms with E-state index in [-0.39, 0.29) is 17.2 Å². The van der Waals surface area contributed by atoms with Crippen molar-refractivity contribution >= 4 is 40.8 Å². The summed E-state index contributed by atoms with van der Waals surface area (Å²) in [5, 5.41) is 11.7. The first-order chi connectivity index (χ1) is 19.8. The van der Waals surface area contributed by atoms with E-state index in [2.05, 4.69) is 20.3 Å². The molecule has 5 rings (SSSR count). The number of hydrogen-bond acceptors (Lipinski definition) is 8. The van der Waals surface area contributed by atoms with Crippen LogP contribution in [0.5, 0.6) is 5.75 Å². The number of pyridine rings is 3. The van der Waals surface area contributed by atoms with Crippen molar-refractivity contribution in [3.63, 3.8) is 0 Å². The van der Waals surface area contributed by atoms with Crippen LogP contribution in [0.4, 0.5) is 23.0 Å². The van der Waals surface area contributed by atoms with Crippen molar-refractivity contribution in [2.45, 2.75) is 20.3 Å². The van der Waals surface area contributed by atoms with Crippen LogP contribution in [-0.2, 0) is 6.42 Å². The van der Waals surface area contributed by atoms with E-state index < -0.39 is 11.9 Å². The molecule has 208 valence electrons. The molecule has 0 bridgehead atoms. The summed E-state index contributed by atoms with van der Waals surface area (Å²) < 4.78 is 6.01. The lowest BCUT2D eigenvalue weighted by Gasteiger charge is -2.22. The number of rotatable bonds is 8. The zero-order chi connectivity index (χ0) is 29.1. The van der Waals surface area contributed by atoms with Crippen molar-refractivity contribution in [1.82, 2.24) is 15.0 Å². The Balaban J connectivity index is 1.24. The molecule has 0 unspecified atom stereocenters. The fourth-order valence-corrected chi connectivity index (χ4v) is 4.58. The van der Waals surface area contributed by atoms with Gasteiger partial charge in [-0.25, -0.2) is 14.8 Å². The summed E-state index contributed by atoms with van der Waals surface area (Å²) >= 11 is 0. The lowest BCUT2D eigenvalue weighted by Crippen LogP contribution is -2.25. The van der Waals surface area contributed by atoms with Gasteiger partial charge in [-0.2, -0.15) is 0 Å². The molecule has 0 saturated heterocycles. The number of aryl methyl sites for hydroxylation is 1. The number of ether oxygens (including phenoxy) is 1. The molecule has 0 saturated carbocycles. The Hall–Kier alpha value is -5.32. The van der Waals surface area contributed by atoms with Gasteiger partial charge < -0.3 is 25.0 Å². The van der Waals surface area contributed by atoms with Crippen LogP contribution in [0.3, 0.4) is 0 Å². The summed E-state index contributed by atoms with van der Waals surface area (Å²) in [6, 6.07) is 13.5. The largest absolute Gasteiger partial charge is 0.493 e. The molecular weight excluding hydrogens is 524 g/mol. The number of nitrogens with one attached hydrogen (secondary N) is 1. The van der Waals surface area contributed by atoms with Gasteiger partial charge in [-0.1, -0.05) is 0 Å². The molecule has 3 aromatic heterocycles. The highest BCUT2D eigenvalue weighted by Gasteiger charge is 2.30. The fourth-order valence-electron chi connectivity index (χ4n) is 4.58. The number of fused-ring (bicyclic) bond motifs is 2. The van der Waals surface area contributed by atoms with E-state index in [1.54, 1.807) is 42.5 Å². The highest BCUT2D eigenvalue weighted by molar-refractivity contribution is 6.12. The number of nitrogens with zero attached hydrogens (tertiary/aromatic N) is 5. The number of carboxylic acids is 1. The molecule has 1 aliphatic rings. The minimum absolute atomic E-state index is 0.00491. The van der Waals surface area contributed by atoms with E-state index >= 15 is 0 Å². The molecule has 0 aliphatic carbocycles. The lowest BCUT2D eigenvalue weighted by molar-refractivity contribution is 0.0695. The monoisotopic (exact) mass is 552 g/mol. The quantitative estimate of drug-likeness (QED) is 0.324. The molecule has 11 nitrogen and oxygen atoms in total. The van der Waals surface area contributed by atoms with Gasteiger partial charge in [0.25, 0.3) is 11.8 Å². The summed E-state index contributed by atoms with van der Waals surface area (Å²) in [5.41, 5.74) is 3.58. The first-order valence-electron chi connectivity index (χ1n) is 13.0. The molecule has 0 fully saturated rings. The van der Waals surface area contributed by atoms with Gasteiger partial charge in [0.05, 0.1) is 23.4 Å². The second-order valence-corrected chi connectivity index (χ2v) is 9.44. The van der Waals surface area contributed by atoms with E-state index in [1.807, 2.05) is 36.9 Å². The summed E-state index contributed by atoms with van der Waals surface area (Å²) in [5.74, 6) is 0.211. The van der Waals surface area contributed by atoms with Gasteiger partial charge in [0.1, 0.15) is 17.3 Å². The number of hydrogen-bond donors (Lipinski definition) is 2. The number of benzene rings is 1. The Kier molecular flexibility index (Phi) is 7.59. The average molecular weight is 553 g/mol. The van der Waals surface area contributed by atoms with Crippen LogP contribution in [0.25, 0.3) is 0 Å². The number of carboxylic acid groups (broad SMARTS) is 1. The van der Waals surface area contributed by atoms with Crippen molar-refractivity contribution in [1.29, 1.82) is 0 Å². The summed E-state index contributed by atoms with van der Waals surface area (Å²) in [6.45, 7) is 4.83. The molecule has 0 atom stereocenters. The van der Waals surface area contributed by atoms with Crippen LogP contribution in [0.2, 0.25) is 0 Å². The van der Waals surface area contributed by atoms with Crippen molar-refractivity contribution < 1.29 is 24.2 Å².